The Hall–Kier alpha value is -2.60. The summed E-state index contributed by atoms with van der Waals surface area (Å²) in [7, 11) is 0. The number of amides is 1. The molecule has 0 saturated carbocycles. The van der Waals surface area contributed by atoms with E-state index in [1.165, 1.54) is 22.9 Å². The van der Waals surface area contributed by atoms with E-state index in [4.69, 9.17) is 11.6 Å². The first kappa shape index (κ1) is 18.7. The highest BCUT2D eigenvalue weighted by molar-refractivity contribution is 6.31. The Bertz CT molecular complexity index is 845. The van der Waals surface area contributed by atoms with Crippen molar-refractivity contribution in [2.75, 3.05) is 0 Å². The van der Waals surface area contributed by atoms with E-state index in [1.807, 2.05) is 6.07 Å². The Morgan fingerprint density at radius 3 is 2.48 bits per heavy atom. The molecule has 2 rings (SSSR count). The zero-order chi connectivity index (χ0) is 18.6. The molecule has 1 atom stereocenters. The third kappa shape index (κ3) is 4.70. The van der Waals surface area contributed by atoms with Crippen molar-refractivity contribution in [2.45, 2.75) is 26.4 Å². The summed E-state index contributed by atoms with van der Waals surface area (Å²) < 4.78 is 1.36. The molecule has 2 N–H and O–H groups in total. The second kappa shape index (κ2) is 7.98. The van der Waals surface area contributed by atoms with Crippen molar-refractivity contribution in [3.63, 3.8) is 0 Å². The minimum absolute atomic E-state index is 0.207. The van der Waals surface area contributed by atoms with Crippen LogP contribution in [0.4, 0.5) is 0 Å². The van der Waals surface area contributed by atoms with Gasteiger partial charge < -0.3 is 15.0 Å². The fourth-order valence-electron chi connectivity index (χ4n) is 2.34. The molecule has 25 heavy (non-hydrogen) atoms. The quantitative estimate of drug-likeness (QED) is 0.825. The maximum absolute atomic E-state index is 12.3. The normalized spacial score (nSPS) is 12.0. The minimum Gasteiger partial charge on any atom is -0.480 e. The van der Waals surface area contributed by atoms with E-state index in [0.717, 1.165) is 5.56 Å². The molecule has 0 fully saturated rings. The van der Waals surface area contributed by atoms with Gasteiger partial charge in [0.05, 0.1) is 12.1 Å². The van der Waals surface area contributed by atoms with Crippen LogP contribution in [-0.2, 0) is 11.3 Å². The van der Waals surface area contributed by atoms with Crippen molar-refractivity contribution >= 4 is 23.5 Å². The minimum atomic E-state index is -1.10. The third-order valence-corrected chi connectivity index (χ3v) is 4.13. The molecule has 0 aliphatic heterocycles. The fourth-order valence-corrected chi connectivity index (χ4v) is 2.53. The predicted molar refractivity (Wildman–Crippen MR) is 95.0 cm³/mol. The molecular weight excluding hydrogens is 344 g/mol. The Kier molecular flexibility index (Phi) is 5.98. The van der Waals surface area contributed by atoms with Crippen LogP contribution in [-0.4, -0.2) is 27.6 Å². The molecule has 0 aliphatic carbocycles. The van der Waals surface area contributed by atoms with Gasteiger partial charge in [-0.15, -0.1) is 0 Å². The van der Waals surface area contributed by atoms with Crippen LogP contribution in [0.5, 0.6) is 0 Å². The van der Waals surface area contributed by atoms with Crippen LogP contribution < -0.4 is 10.9 Å². The first-order valence-electron chi connectivity index (χ1n) is 7.77. The van der Waals surface area contributed by atoms with Crippen molar-refractivity contribution in [1.82, 2.24) is 9.88 Å². The van der Waals surface area contributed by atoms with E-state index >= 15 is 0 Å². The van der Waals surface area contributed by atoms with Gasteiger partial charge in [-0.1, -0.05) is 43.6 Å². The summed E-state index contributed by atoms with van der Waals surface area (Å²) in [5.74, 6) is -1.92. The third-order valence-electron chi connectivity index (χ3n) is 3.76. The summed E-state index contributed by atoms with van der Waals surface area (Å²) in [6.07, 6.45) is 1.40. The molecule has 132 valence electrons. The number of halogens is 1. The lowest BCUT2D eigenvalue weighted by molar-refractivity contribution is -0.140. The molecule has 0 radical (unpaired) electrons. The number of hydrogen-bond donors (Lipinski definition) is 2. The number of carboxylic acid groups (broad SMARTS) is 1. The number of rotatable bonds is 6. The summed E-state index contributed by atoms with van der Waals surface area (Å²) in [5.41, 5.74) is 0.670. The van der Waals surface area contributed by atoms with E-state index < -0.39 is 17.9 Å². The van der Waals surface area contributed by atoms with Crippen molar-refractivity contribution in [2.24, 2.45) is 5.92 Å². The van der Waals surface area contributed by atoms with Gasteiger partial charge in [-0.3, -0.25) is 9.59 Å². The smallest absolute Gasteiger partial charge is 0.326 e. The summed E-state index contributed by atoms with van der Waals surface area (Å²) in [4.78, 5) is 35.6. The van der Waals surface area contributed by atoms with Gasteiger partial charge in [0.1, 0.15) is 6.04 Å². The predicted octanol–water partition coefficient (Wildman–Crippen LogP) is 2.39. The Balaban J connectivity index is 2.26. The number of carboxylic acids is 1. The summed E-state index contributed by atoms with van der Waals surface area (Å²) >= 11 is 6.11. The van der Waals surface area contributed by atoms with Crippen LogP contribution in [0.3, 0.4) is 0 Å². The van der Waals surface area contributed by atoms with Crippen molar-refractivity contribution in [3.05, 3.63) is 69.1 Å². The molecule has 0 bridgehead atoms. The Labute approximate surface area is 150 Å². The molecule has 0 saturated heterocycles. The molecule has 1 amide bonds. The van der Waals surface area contributed by atoms with Gasteiger partial charge in [-0.05, 0) is 23.6 Å². The summed E-state index contributed by atoms with van der Waals surface area (Å²) in [6, 6.07) is 8.76. The van der Waals surface area contributed by atoms with Crippen LogP contribution >= 0.6 is 11.6 Å². The highest BCUT2D eigenvalue weighted by Crippen LogP contribution is 2.15. The number of nitrogens with zero attached hydrogens (tertiary/aromatic N) is 1. The zero-order valence-electron chi connectivity index (χ0n) is 13.9. The van der Waals surface area contributed by atoms with Crippen molar-refractivity contribution < 1.29 is 14.7 Å². The van der Waals surface area contributed by atoms with Gasteiger partial charge in [0.25, 0.3) is 11.5 Å². The van der Waals surface area contributed by atoms with E-state index in [1.54, 1.807) is 32.0 Å². The Morgan fingerprint density at radius 1 is 1.20 bits per heavy atom. The number of carbonyl (C=O) groups excluding carboxylic acids is 1. The molecule has 1 aromatic heterocycles. The maximum Gasteiger partial charge on any atom is 0.326 e. The first-order valence-corrected chi connectivity index (χ1v) is 8.15. The number of pyridine rings is 1. The van der Waals surface area contributed by atoms with Gasteiger partial charge in [0.2, 0.25) is 0 Å². The molecule has 0 spiro atoms. The lowest BCUT2D eigenvalue weighted by Crippen LogP contribution is -2.44. The SMILES string of the molecule is CC(C)C(NC(=O)c1ccc(=O)n(Cc2ccccc2Cl)c1)C(=O)O. The second-order valence-electron chi connectivity index (χ2n) is 6.01. The largest absolute Gasteiger partial charge is 0.480 e. The molecule has 1 aromatic carbocycles. The average Bonchev–Trinajstić information content (AvgIpc) is 2.55. The topological polar surface area (TPSA) is 88.4 Å². The second-order valence-corrected chi connectivity index (χ2v) is 6.42. The summed E-state index contributed by atoms with van der Waals surface area (Å²) in [6.45, 7) is 3.63. The molecule has 2 aromatic rings. The van der Waals surface area contributed by atoms with Crippen molar-refractivity contribution in [1.29, 1.82) is 0 Å². The summed E-state index contributed by atoms with van der Waals surface area (Å²) in [5, 5.41) is 12.2. The number of aromatic nitrogens is 1. The van der Waals surface area contributed by atoms with Crippen LogP contribution in [0.1, 0.15) is 29.8 Å². The van der Waals surface area contributed by atoms with Crippen LogP contribution in [0.25, 0.3) is 0 Å². The highest BCUT2D eigenvalue weighted by atomic mass is 35.5. The first-order chi connectivity index (χ1) is 11.8. The molecular formula is C18H19ClN2O4. The molecule has 1 unspecified atom stereocenters. The van der Waals surface area contributed by atoms with E-state index in [-0.39, 0.29) is 23.6 Å². The zero-order valence-corrected chi connectivity index (χ0v) is 14.7. The molecule has 0 aliphatic rings. The monoisotopic (exact) mass is 362 g/mol. The number of aliphatic carboxylic acids is 1. The van der Waals surface area contributed by atoms with Gasteiger partial charge in [0, 0.05) is 17.3 Å². The van der Waals surface area contributed by atoms with Crippen LogP contribution in [0.2, 0.25) is 5.02 Å². The number of hydrogen-bond acceptors (Lipinski definition) is 3. The highest BCUT2D eigenvalue weighted by Gasteiger charge is 2.24. The van der Waals surface area contributed by atoms with Gasteiger partial charge in [0.15, 0.2) is 0 Å². The fraction of sp³-hybridized carbons (Fsp3) is 0.278. The standard InChI is InChI=1S/C18H19ClN2O4/c1-11(2)16(18(24)25)20-17(23)13-7-8-15(22)21(10-13)9-12-5-3-4-6-14(12)19/h3-8,10-11,16H,9H2,1-2H3,(H,20,23)(H,24,25). The van der Waals surface area contributed by atoms with Gasteiger partial charge >= 0.3 is 5.97 Å². The Morgan fingerprint density at radius 2 is 1.88 bits per heavy atom. The number of carbonyl (C=O) groups is 2. The van der Waals surface area contributed by atoms with Crippen LogP contribution in [0, 0.1) is 5.92 Å². The lowest BCUT2D eigenvalue weighted by Gasteiger charge is -2.18. The molecule has 1 heterocycles. The average molecular weight is 363 g/mol. The van der Waals surface area contributed by atoms with Gasteiger partial charge in [-0.25, -0.2) is 4.79 Å². The van der Waals surface area contributed by atoms with Crippen LogP contribution in [0.15, 0.2) is 47.4 Å². The number of benzene rings is 1. The number of nitrogens with one attached hydrogen (secondary N) is 1. The van der Waals surface area contributed by atoms with E-state index in [2.05, 4.69) is 5.32 Å². The van der Waals surface area contributed by atoms with E-state index in [0.29, 0.717) is 5.02 Å². The molecule has 6 nitrogen and oxygen atoms in total. The molecule has 7 heteroatoms. The van der Waals surface area contributed by atoms with E-state index in [9.17, 15) is 19.5 Å². The van der Waals surface area contributed by atoms with Gasteiger partial charge in [-0.2, -0.15) is 0 Å². The lowest BCUT2D eigenvalue weighted by atomic mass is 10.0. The maximum atomic E-state index is 12.3. The van der Waals surface area contributed by atoms with Crippen molar-refractivity contribution in [3.8, 4) is 0 Å².